The van der Waals surface area contributed by atoms with Crippen molar-refractivity contribution < 1.29 is 0 Å². The third-order valence-electron chi connectivity index (χ3n) is 6.50. The van der Waals surface area contributed by atoms with Gasteiger partial charge in [0.2, 0.25) is 0 Å². The number of benzene rings is 1. The lowest BCUT2D eigenvalue weighted by atomic mass is 9.91. The maximum Gasteiger partial charge on any atom is 0.160 e. The minimum absolute atomic E-state index is 0.000979. The van der Waals surface area contributed by atoms with Crippen LogP contribution in [0.1, 0.15) is 25.4 Å². The Bertz CT molecular complexity index is 1260. The highest BCUT2D eigenvalue weighted by Crippen LogP contribution is 2.38. The number of nitrogens with one attached hydrogen (secondary N) is 2. The molecule has 4 aromatic rings. The van der Waals surface area contributed by atoms with Gasteiger partial charge < -0.3 is 15.2 Å². The highest BCUT2D eigenvalue weighted by Gasteiger charge is 2.30. The number of rotatable bonds is 5. The summed E-state index contributed by atoms with van der Waals surface area (Å²) >= 11 is 0. The van der Waals surface area contributed by atoms with Crippen molar-refractivity contribution in [2.24, 2.45) is 18.0 Å². The fraction of sp³-hybridized carbons (Fsp3) is 0.333. The van der Waals surface area contributed by atoms with E-state index in [9.17, 15) is 0 Å². The van der Waals surface area contributed by atoms with Crippen LogP contribution < -0.4 is 10.6 Å². The topological polar surface area (TPSA) is 89.9 Å². The third-order valence-corrected chi connectivity index (χ3v) is 6.50. The summed E-state index contributed by atoms with van der Waals surface area (Å²) in [6.07, 6.45) is 14.5. The quantitative estimate of drug-likeness (QED) is 0.494. The Hall–Kier alpha value is -3.72. The van der Waals surface area contributed by atoms with Gasteiger partial charge in [-0.15, -0.1) is 0 Å². The van der Waals surface area contributed by atoms with Crippen LogP contribution in [0.5, 0.6) is 0 Å². The zero-order valence-corrected chi connectivity index (χ0v) is 18.6. The predicted octanol–water partition coefficient (Wildman–Crippen LogP) is 3.56. The summed E-state index contributed by atoms with van der Waals surface area (Å²) < 4.78 is 5.83. The maximum absolute atomic E-state index is 5.14. The van der Waals surface area contributed by atoms with Crippen molar-refractivity contribution in [1.82, 2.24) is 34.4 Å². The van der Waals surface area contributed by atoms with Crippen LogP contribution in [0.3, 0.4) is 0 Å². The van der Waals surface area contributed by atoms with Crippen molar-refractivity contribution in [2.75, 3.05) is 18.4 Å². The fourth-order valence-corrected chi connectivity index (χ4v) is 4.77. The summed E-state index contributed by atoms with van der Waals surface area (Å²) in [6, 6.07) is 8.40. The van der Waals surface area contributed by atoms with Crippen LogP contribution in [0.25, 0.3) is 16.8 Å². The van der Waals surface area contributed by atoms with Crippen LogP contribution in [-0.4, -0.2) is 47.9 Å². The molecule has 0 bridgehead atoms. The molecule has 3 aromatic heterocycles. The first kappa shape index (κ1) is 19.9. The second kappa shape index (κ2) is 8.32. The van der Waals surface area contributed by atoms with Crippen molar-refractivity contribution in [3.05, 3.63) is 61.6 Å². The number of fused-ring (bicyclic) bond motifs is 1. The van der Waals surface area contributed by atoms with Gasteiger partial charge in [0.25, 0.3) is 0 Å². The van der Waals surface area contributed by atoms with E-state index < -0.39 is 0 Å². The molecule has 1 aromatic carbocycles. The Balaban J connectivity index is 1.33. The molecule has 0 saturated carbocycles. The molecule has 5 heterocycles. The molecule has 1 saturated heterocycles. The molecule has 0 radical (unpaired) electrons. The Kier molecular flexibility index (Phi) is 5.03. The van der Waals surface area contributed by atoms with E-state index >= 15 is 0 Å². The molecular weight excluding hydrogens is 414 g/mol. The lowest BCUT2D eigenvalue weighted by Crippen LogP contribution is -2.37. The molecule has 9 heteroatoms. The number of piperidine rings is 1. The summed E-state index contributed by atoms with van der Waals surface area (Å²) in [4.78, 5) is 9.28. The van der Waals surface area contributed by atoms with Gasteiger partial charge in [-0.2, -0.15) is 10.2 Å². The second-order valence-electron chi connectivity index (χ2n) is 8.76. The molecule has 0 spiro atoms. The Morgan fingerprint density at radius 2 is 2.03 bits per heavy atom. The van der Waals surface area contributed by atoms with Crippen LogP contribution in [0.15, 0.2) is 66.6 Å². The van der Waals surface area contributed by atoms with E-state index in [2.05, 4.69) is 45.0 Å². The van der Waals surface area contributed by atoms with Crippen LogP contribution in [0.4, 0.5) is 11.5 Å². The molecule has 1 fully saturated rings. The summed E-state index contributed by atoms with van der Waals surface area (Å²) in [5.74, 6) is 1.36. The molecular formula is C24H27N9. The lowest BCUT2D eigenvalue weighted by molar-refractivity contribution is 0.435. The van der Waals surface area contributed by atoms with Crippen LogP contribution >= 0.6 is 0 Å². The molecule has 0 aliphatic carbocycles. The minimum atomic E-state index is -0.000979. The standard InChI is InChI=1S/C24H27N9/c1-31-15-18(13-27-31)21-14-28-33-23(11-22(30-24(21)33)17-3-2-8-25-12-17)29-19-4-6-20(7-5-19)32-10-9-26-16-32/h4-7,9-10,13-17,23,25,29H,2-3,8,11-12H2,1H3. The zero-order chi connectivity index (χ0) is 22.2. The molecule has 6 rings (SSSR count). The van der Waals surface area contributed by atoms with Gasteiger partial charge in [-0.3, -0.25) is 4.68 Å². The van der Waals surface area contributed by atoms with Gasteiger partial charge in [-0.05, 0) is 43.7 Å². The molecule has 0 amide bonds. The molecule has 2 unspecified atom stereocenters. The lowest BCUT2D eigenvalue weighted by Gasteiger charge is -2.31. The second-order valence-corrected chi connectivity index (χ2v) is 8.76. The van der Waals surface area contributed by atoms with Gasteiger partial charge in [0, 0.05) is 72.7 Å². The normalized spacial score (nSPS) is 20.3. The molecule has 9 nitrogen and oxygen atoms in total. The summed E-state index contributed by atoms with van der Waals surface area (Å²) in [5.41, 5.74) is 5.43. The number of aliphatic imine (C=N–C) groups is 1. The number of imidazole rings is 1. The van der Waals surface area contributed by atoms with E-state index in [1.807, 2.05) is 45.8 Å². The highest BCUT2D eigenvalue weighted by atomic mass is 15.4. The fourth-order valence-electron chi connectivity index (χ4n) is 4.77. The van der Waals surface area contributed by atoms with Crippen molar-refractivity contribution in [3.8, 4) is 16.8 Å². The first-order chi connectivity index (χ1) is 16.2. The Morgan fingerprint density at radius 1 is 1.12 bits per heavy atom. The smallest absolute Gasteiger partial charge is 0.160 e. The van der Waals surface area contributed by atoms with E-state index in [0.29, 0.717) is 5.92 Å². The zero-order valence-electron chi connectivity index (χ0n) is 18.6. The number of aromatic nitrogens is 6. The molecule has 33 heavy (non-hydrogen) atoms. The Morgan fingerprint density at radius 3 is 2.76 bits per heavy atom. The molecule has 2 aliphatic rings. The van der Waals surface area contributed by atoms with Gasteiger partial charge in [0.05, 0.1) is 18.7 Å². The van der Waals surface area contributed by atoms with Crippen LogP contribution in [0.2, 0.25) is 0 Å². The average Bonchev–Trinajstić information content (AvgIpc) is 3.61. The predicted molar refractivity (Wildman–Crippen MR) is 128 cm³/mol. The van der Waals surface area contributed by atoms with Gasteiger partial charge in [0.15, 0.2) is 5.82 Å². The maximum atomic E-state index is 5.14. The van der Waals surface area contributed by atoms with E-state index in [0.717, 1.165) is 47.8 Å². The van der Waals surface area contributed by atoms with Crippen molar-refractivity contribution >= 4 is 17.2 Å². The monoisotopic (exact) mass is 441 g/mol. The van der Waals surface area contributed by atoms with E-state index in [4.69, 9.17) is 10.1 Å². The summed E-state index contributed by atoms with van der Waals surface area (Å²) in [6.45, 7) is 2.08. The molecule has 2 aliphatic heterocycles. The molecule has 2 N–H and O–H groups in total. The number of nitrogens with zero attached hydrogens (tertiary/aromatic N) is 7. The first-order valence-electron chi connectivity index (χ1n) is 11.4. The van der Waals surface area contributed by atoms with Gasteiger partial charge in [-0.1, -0.05) is 0 Å². The van der Waals surface area contributed by atoms with Crippen molar-refractivity contribution in [1.29, 1.82) is 0 Å². The van der Waals surface area contributed by atoms with E-state index in [-0.39, 0.29) is 6.17 Å². The van der Waals surface area contributed by atoms with Gasteiger partial charge in [0.1, 0.15) is 6.17 Å². The van der Waals surface area contributed by atoms with Crippen LogP contribution in [0, 0.1) is 5.92 Å². The Labute approximate surface area is 192 Å². The largest absolute Gasteiger partial charge is 0.363 e. The average molecular weight is 442 g/mol. The number of anilines is 1. The highest BCUT2D eigenvalue weighted by molar-refractivity contribution is 5.92. The molecule has 2 atom stereocenters. The van der Waals surface area contributed by atoms with Gasteiger partial charge in [-0.25, -0.2) is 14.7 Å². The SMILES string of the molecule is Cn1cc(-c2cnn3c2N=C(C2CCCNC2)CC3Nc2ccc(-n3ccnc3)cc2)cn1. The van der Waals surface area contributed by atoms with Crippen molar-refractivity contribution in [3.63, 3.8) is 0 Å². The first-order valence-corrected chi connectivity index (χ1v) is 11.4. The van der Waals surface area contributed by atoms with E-state index in [1.165, 1.54) is 18.6 Å². The van der Waals surface area contributed by atoms with Crippen LogP contribution in [-0.2, 0) is 7.05 Å². The molecule has 168 valence electrons. The number of aryl methyl sites for hydroxylation is 1. The van der Waals surface area contributed by atoms with Crippen molar-refractivity contribution in [2.45, 2.75) is 25.4 Å². The third kappa shape index (κ3) is 3.84. The summed E-state index contributed by atoms with van der Waals surface area (Å²) in [5, 5.41) is 16.3. The number of hydrogen-bond acceptors (Lipinski definition) is 6. The summed E-state index contributed by atoms with van der Waals surface area (Å²) in [7, 11) is 1.93. The minimum Gasteiger partial charge on any atom is -0.363 e. The van der Waals surface area contributed by atoms with E-state index in [1.54, 1.807) is 12.5 Å². The van der Waals surface area contributed by atoms with Gasteiger partial charge >= 0.3 is 0 Å². The number of hydrogen-bond donors (Lipinski definition) is 2.